The fourth-order valence-corrected chi connectivity index (χ4v) is 2.86. The lowest BCUT2D eigenvalue weighted by Gasteiger charge is -2.28. The van der Waals surface area contributed by atoms with E-state index in [1.165, 1.54) is 38.5 Å². The van der Waals surface area contributed by atoms with Gasteiger partial charge in [0.1, 0.15) is 0 Å². The number of carbonyl (C=O) groups excluding carboxylic acids is 1. The molecule has 0 spiro atoms. The van der Waals surface area contributed by atoms with Crippen molar-refractivity contribution in [2.75, 3.05) is 26.2 Å². The van der Waals surface area contributed by atoms with Gasteiger partial charge in [0.25, 0.3) is 0 Å². The van der Waals surface area contributed by atoms with E-state index in [2.05, 4.69) is 5.32 Å². The Morgan fingerprint density at radius 2 is 1.69 bits per heavy atom. The molecular weight excluding hydrogens is 200 g/mol. The summed E-state index contributed by atoms with van der Waals surface area (Å²) in [5.41, 5.74) is 0. The summed E-state index contributed by atoms with van der Waals surface area (Å²) in [6.45, 7) is 3.75. The van der Waals surface area contributed by atoms with Crippen LogP contribution in [0.15, 0.2) is 0 Å². The average molecular weight is 224 g/mol. The maximum Gasteiger partial charge on any atom is 0.222 e. The molecule has 1 aliphatic carbocycles. The molecule has 2 rings (SSSR count). The molecule has 2 fully saturated rings. The Hall–Kier alpha value is -0.570. The molecule has 0 radical (unpaired) electrons. The Labute approximate surface area is 98.6 Å². The van der Waals surface area contributed by atoms with Gasteiger partial charge in [0.2, 0.25) is 5.91 Å². The molecule has 0 unspecified atom stereocenters. The second-order valence-electron chi connectivity index (χ2n) is 5.19. The van der Waals surface area contributed by atoms with Crippen molar-refractivity contribution < 1.29 is 4.79 Å². The summed E-state index contributed by atoms with van der Waals surface area (Å²) in [4.78, 5) is 14.1. The maximum atomic E-state index is 12.1. The zero-order chi connectivity index (χ0) is 11.2. The van der Waals surface area contributed by atoms with E-state index >= 15 is 0 Å². The Balaban J connectivity index is 1.76. The number of piperazine rings is 1. The largest absolute Gasteiger partial charge is 0.340 e. The van der Waals surface area contributed by atoms with Crippen molar-refractivity contribution in [3.8, 4) is 0 Å². The second kappa shape index (κ2) is 6.24. The first-order valence-corrected chi connectivity index (χ1v) is 6.85. The summed E-state index contributed by atoms with van der Waals surface area (Å²) < 4.78 is 0. The normalized spacial score (nSPS) is 24.1. The highest BCUT2D eigenvalue weighted by atomic mass is 16.2. The lowest BCUT2D eigenvalue weighted by Crippen LogP contribution is -2.46. The van der Waals surface area contributed by atoms with Gasteiger partial charge in [-0.25, -0.2) is 0 Å². The topological polar surface area (TPSA) is 32.3 Å². The third-order valence-corrected chi connectivity index (χ3v) is 3.91. The molecule has 0 aromatic rings. The number of amides is 1. The smallest absolute Gasteiger partial charge is 0.222 e. The average Bonchev–Trinajstić information content (AvgIpc) is 2.59. The van der Waals surface area contributed by atoms with Gasteiger partial charge in [0.15, 0.2) is 0 Å². The number of carbonyl (C=O) groups is 1. The summed E-state index contributed by atoms with van der Waals surface area (Å²) in [6, 6.07) is 0. The van der Waals surface area contributed by atoms with Crippen LogP contribution >= 0.6 is 0 Å². The fourth-order valence-electron chi connectivity index (χ4n) is 2.86. The highest BCUT2D eigenvalue weighted by Crippen LogP contribution is 2.25. The third kappa shape index (κ3) is 3.48. The molecule has 3 nitrogen and oxygen atoms in total. The van der Waals surface area contributed by atoms with E-state index in [0.717, 1.165) is 32.6 Å². The van der Waals surface area contributed by atoms with Crippen LogP contribution in [0.2, 0.25) is 0 Å². The van der Waals surface area contributed by atoms with Crippen LogP contribution in [0, 0.1) is 5.92 Å². The molecule has 1 saturated carbocycles. The first-order chi connectivity index (χ1) is 7.86. The van der Waals surface area contributed by atoms with Gasteiger partial charge >= 0.3 is 0 Å². The monoisotopic (exact) mass is 224 g/mol. The van der Waals surface area contributed by atoms with Gasteiger partial charge in [0.05, 0.1) is 0 Å². The minimum Gasteiger partial charge on any atom is -0.340 e. The van der Waals surface area contributed by atoms with Crippen molar-refractivity contribution in [3.05, 3.63) is 0 Å². The van der Waals surface area contributed by atoms with E-state index in [0.29, 0.717) is 11.8 Å². The van der Waals surface area contributed by atoms with Gasteiger partial charge in [-0.3, -0.25) is 4.79 Å². The zero-order valence-corrected chi connectivity index (χ0v) is 10.2. The minimum atomic E-state index is 0.397. The highest BCUT2D eigenvalue weighted by molar-refractivity contribution is 5.76. The lowest BCUT2D eigenvalue weighted by atomic mass is 9.96. The van der Waals surface area contributed by atoms with Crippen LogP contribution < -0.4 is 5.32 Å². The molecule has 0 atom stereocenters. The summed E-state index contributed by atoms with van der Waals surface area (Å²) >= 11 is 0. The highest BCUT2D eigenvalue weighted by Gasteiger charge is 2.21. The van der Waals surface area contributed by atoms with Gasteiger partial charge in [0, 0.05) is 32.6 Å². The second-order valence-corrected chi connectivity index (χ2v) is 5.19. The predicted octanol–water partition coefficient (Wildman–Crippen LogP) is 1.78. The van der Waals surface area contributed by atoms with Crippen molar-refractivity contribution in [1.82, 2.24) is 10.2 Å². The van der Waals surface area contributed by atoms with E-state index in [-0.39, 0.29) is 0 Å². The number of hydrogen-bond acceptors (Lipinski definition) is 2. The molecule has 2 aliphatic rings. The van der Waals surface area contributed by atoms with Gasteiger partial charge in [-0.2, -0.15) is 0 Å². The number of rotatable bonds is 2. The van der Waals surface area contributed by atoms with Crippen molar-refractivity contribution in [1.29, 1.82) is 0 Å². The van der Waals surface area contributed by atoms with Crippen molar-refractivity contribution >= 4 is 5.91 Å². The number of nitrogens with one attached hydrogen (secondary N) is 1. The van der Waals surface area contributed by atoms with E-state index in [4.69, 9.17) is 0 Å². The first kappa shape index (κ1) is 11.9. The molecule has 1 aliphatic heterocycles. The fraction of sp³-hybridized carbons (Fsp3) is 0.923. The van der Waals surface area contributed by atoms with E-state index < -0.39 is 0 Å². The van der Waals surface area contributed by atoms with E-state index in [1.807, 2.05) is 4.90 Å². The molecule has 92 valence electrons. The molecule has 3 heteroatoms. The molecule has 0 aromatic carbocycles. The standard InChI is InChI=1S/C13H24N2O/c16-13(15-9-7-14-8-10-15)11-12-5-3-1-2-4-6-12/h12,14H,1-11H2. The number of hydrogen-bond donors (Lipinski definition) is 1. The van der Waals surface area contributed by atoms with Crippen LogP contribution in [0.3, 0.4) is 0 Å². The molecular formula is C13H24N2O. The Morgan fingerprint density at radius 1 is 1.06 bits per heavy atom. The van der Waals surface area contributed by atoms with Crippen LogP contribution in [-0.2, 0) is 4.79 Å². The van der Waals surface area contributed by atoms with Gasteiger partial charge in [-0.1, -0.05) is 25.7 Å². The molecule has 1 heterocycles. The Morgan fingerprint density at radius 3 is 2.31 bits per heavy atom. The Bertz CT molecular complexity index is 216. The molecule has 0 bridgehead atoms. The quantitative estimate of drug-likeness (QED) is 0.725. The van der Waals surface area contributed by atoms with Crippen LogP contribution in [-0.4, -0.2) is 37.0 Å². The molecule has 0 aromatic heterocycles. The summed E-state index contributed by atoms with van der Waals surface area (Å²) in [5.74, 6) is 1.07. The first-order valence-electron chi connectivity index (χ1n) is 6.85. The van der Waals surface area contributed by atoms with Crippen molar-refractivity contribution in [2.45, 2.75) is 44.9 Å². The zero-order valence-electron chi connectivity index (χ0n) is 10.2. The molecule has 1 N–H and O–H groups in total. The summed E-state index contributed by atoms with van der Waals surface area (Å²) in [7, 11) is 0. The van der Waals surface area contributed by atoms with Crippen LogP contribution in [0.5, 0.6) is 0 Å². The maximum absolute atomic E-state index is 12.1. The van der Waals surface area contributed by atoms with Gasteiger partial charge < -0.3 is 10.2 Å². The van der Waals surface area contributed by atoms with Crippen LogP contribution in [0.1, 0.15) is 44.9 Å². The van der Waals surface area contributed by atoms with Crippen LogP contribution in [0.25, 0.3) is 0 Å². The SMILES string of the molecule is O=C(CC1CCCCCC1)N1CCNCC1. The van der Waals surface area contributed by atoms with Crippen molar-refractivity contribution in [2.24, 2.45) is 5.92 Å². The van der Waals surface area contributed by atoms with E-state index in [1.54, 1.807) is 0 Å². The third-order valence-electron chi connectivity index (χ3n) is 3.91. The minimum absolute atomic E-state index is 0.397. The molecule has 1 saturated heterocycles. The predicted molar refractivity (Wildman–Crippen MR) is 65.3 cm³/mol. The van der Waals surface area contributed by atoms with Gasteiger partial charge in [-0.15, -0.1) is 0 Å². The van der Waals surface area contributed by atoms with Gasteiger partial charge in [-0.05, 0) is 18.8 Å². The Kier molecular flexibility index (Phi) is 4.64. The number of nitrogens with zero attached hydrogens (tertiary/aromatic N) is 1. The van der Waals surface area contributed by atoms with E-state index in [9.17, 15) is 4.79 Å². The lowest BCUT2D eigenvalue weighted by molar-refractivity contribution is -0.132. The molecule has 1 amide bonds. The summed E-state index contributed by atoms with van der Waals surface area (Å²) in [6.07, 6.45) is 8.77. The summed E-state index contributed by atoms with van der Waals surface area (Å²) in [5, 5.41) is 3.29. The van der Waals surface area contributed by atoms with Crippen molar-refractivity contribution in [3.63, 3.8) is 0 Å². The van der Waals surface area contributed by atoms with Crippen LogP contribution in [0.4, 0.5) is 0 Å². The molecule has 16 heavy (non-hydrogen) atoms.